The summed E-state index contributed by atoms with van der Waals surface area (Å²) in [5.74, 6) is 0.0533. The van der Waals surface area contributed by atoms with Gasteiger partial charge in [0.15, 0.2) is 5.03 Å². The molecule has 0 aliphatic carbocycles. The van der Waals surface area contributed by atoms with Gasteiger partial charge in [0, 0.05) is 0 Å². The van der Waals surface area contributed by atoms with Crippen LogP contribution in [0.25, 0.3) is 0 Å². The molecule has 2 N–H and O–H groups in total. The monoisotopic (exact) mass is 287 g/mol. The SMILES string of the molecule is CC(C)CCOC(=O)[C@H](C)Sc1n[nH]c(=O)[nH]c1=O. The molecule has 0 fully saturated rings. The van der Waals surface area contributed by atoms with Gasteiger partial charge in [-0.3, -0.25) is 14.6 Å². The van der Waals surface area contributed by atoms with Crippen LogP contribution in [-0.2, 0) is 9.53 Å². The molecule has 1 aromatic rings. The molecule has 0 bridgehead atoms. The van der Waals surface area contributed by atoms with E-state index in [1.165, 1.54) is 0 Å². The van der Waals surface area contributed by atoms with Crippen molar-refractivity contribution in [1.29, 1.82) is 0 Å². The van der Waals surface area contributed by atoms with E-state index in [1.54, 1.807) is 6.92 Å². The van der Waals surface area contributed by atoms with Gasteiger partial charge in [-0.25, -0.2) is 9.89 Å². The van der Waals surface area contributed by atoms with Crippen LogP contribution in [0.5, 0.6) is 0 Å². The minimum absolute atomic E-state index is 0.0351. The minimum Gasteiger partial charge on any atom is -0.465 e. The Bertz CT molecular complexity index is 537. The van der Waals surface area contributed by atoms with Gasteiger partial charge < -0.3 is 4.74 Å². The molecule has 7 nitrogen and oxygen atoms in total. The van der Waals surface area contributed by atoms with Crippen molar-refractivity contribution < 1.29 is 9.53 Å². The predicted octanol–water partition coefficient (Wildman–Crippen LogP) is 0.528. The van der Waals surface area contributed by atoms with Gasteiger partial charge in [0.25, 0.3) is 5.56 Å². The van der Waals surface area contributed by atoms with Crippen molar-refractivity contribution in [3.8, 4) is 0 Å². The van der Waals surface area contributed by atoms with E-state index in [0.717, 1.165) is 18.2 Å². The number of rotatable bonds is 6. The van der Waals surface area contributed by atoms with Crippen molar-refractivity contribution in [3.63, 3.8) is 0 Å². The summed E-state index contributed by atoms with van der Waals surface area (Å²) in [6.07, 6.45) is 0.792. The van der Waals surface area contributed by atoms with E-state index in [0.29, 0.717) is 12.5 Å². The lowest BCUT2D eigenvalue weighted by Gasteiger charge is -2.11. The fraction of sp³-hybridized carbons (Fsp3) is 0.636. The summed E-state index contributed by atoms with van der Waals surface area (Å²) in [6, 6.07) is 0. The molecule has 1 atom stereocenters. The molecule has 106 valence electrons. The van der Waals surface area contributed by atoms with Gasteiger partial charge in [-0.15, -0.1) is 0 Å². The van der Waals surface area contributed by atoms with Crippen LogP contribution in [0.15, 0.2) is 14.6 Å². The molecule has 19 heavy (non-hydrogen) atoms. The summed E-state index contributed by atoms with van der Waals surface area (Å²) in [7, 11) is 0. The third-order valence-corrected chi connectivity index (χ3v) is 3.29. The van der Waals surface area contributed by atoms with Crippen LogP contribution >= 0.6 is 11.8 Å². The number of carbonyl (C=O) groups excluding carboxylic acids is 1. The van der Waals surface area contributed by atoms with Gasteiger partial charge >= 0.3 is 11.7 Å². The highest BCUT2D eigenvalue weighted by molar-refractivity contribution is 8.00. The topological polar surface area (TPSA) is 105 Å². The second-order valence-corrected chi connectivity index (χ2v) is 5.75. The molecular weight excluding hydrogens is 270 g/mol. The molecule has 0 radical (unpaired) electrons. The number of aromatic nitrogens is 3. The number of carbonyl (C=O) groups is 1. The zero-order valence-corrected chi connectivity index (χ0v) is 11.9. The first-order chi connectivity index (χ1) is 8.90. The van der Waals surface area contributed by atoms with Crippen molar-refractivity contribution >= 4 is 17.7 Å². The lowest BCUT2D eigenvalue weighted by Crippen LogP contribution is -2.27. The Hall–Kier alpha value is -1.57. The Kier molecular flexibility index (Phi) is 5.81. The van der Waals surface area contributed by atoms with Crippen molar-refractivity contribution in [3.05, 3.63) is 20.8 Å². The number of esters is 1. The van der Waals surface area contributed by atoms with Crippen molar-refractivity contribution in [2.45, 2.75) is 37.5 Å². The van der Waals surface area contributed by atoms with E-state index in [9.17, 15) is 14.4 Å². The van der Waals surface area contributed by atoms with Crippen LogP contribution < -0.4 is 11.2 Å². The summed E-state index contributed by atoms with van der Waals surface area (Å²) < 4.78 is 5.08. The zero-order valence-electron chi connectivity index (χ0n) is 11.1. The number of nitrogens with one attached hydrogen (secondary N) is 2. The largest absolute Gasteiger partial charge is 0.465 e. The average Bonchev–Trinajstić information content (AvgIpc) is 2.32. The highest BCUT2D eigenvalue weighted by Crippen LogP contribution is 2.17. The molecule has 0 aromatic carbocycles. The number of ether oxygens (including phenoxy) is 1. The molecule has 1 rings (SSSR count). The highest BCUT2D eigenvalue weighted by Gasteiger charge is 2.18. The first-order valence-corrected chi connectivity index (χ1v) is 6.80. The van der Waals surface area contributed by atoms with Crippen molar-refractivity contribution in [2.75, 3.05) is 6.61 Å². The third kappa shape index (κ3) is 5.29. The number of aromatic amines is 2. The lowest BCUT2D eigenvalue weighted by atomic mass is 10.1. The maximum Gasteiger partial charge on any atom is 0.342 e. The van der Waals surface area contributed by atoms with E-state index in [2.05, 4.69) is 10.2 Å². The fourth-order valence-electron chi connectivity index (χ4n) is 1.14. The molecule has 0 unspecified atom stereocenters. The number of thioether (sulfide) groups is 1. The van der Waals surface area contributed by atoms with Gasteiger partial charge in [0.05, 0.1) is 6.61 Å². The molecule has 0 spiro atoms. The molecule has 0 aliphatic heterocycles. The molecule has 0 amide bonds. The quantitative estimate of drug-likeness (QED) is 0.584. The summed E-state index contributed by atoms with van der Waals surface area (Å²) >= 11 is 0.946. The van der Waals surface area contributed by atoms with E-state index in [1.807, 2.05) is 18.8 Å². The normalized spacial score (nSPS) is 12.4. The third-order valence-electron chi connectivity index (χ3n) is 2.24. The molecule has 0 saturated heterocycles. The van der Waals surface area contributed by atoms with Gasteiger partial charge in [-0.1, -0.05) is 25.6 Å². The number of hydrogen-bond acceptors (Lipinski definition) is 6. The molecule has 1 heterocycles. The Morgan fingerprint density at radius 3 is 2.63 bits per heavy atom. The Balaban J connectivity index is 2.54. The van der Waals surface area contributed by atoms with Crippen molar-refractivity contribution in [2.24, 2.45) is 5.92 Å². The Labute approximate surface area is 114 Å². The second-order valence-electron chi connectivity index (χ2n) is 4.42. The van der Waals surface area contributed by atoms with Gasteiger partial charge in [0.2, 0.25) is 0 Å². The van der Waals surface area contributed by atoms with Crippen LogP contribution in [0.4, 0.5) is 0 Å². The molecular formula is C11H17N3O4S. The van der Waals surface area contributed by atoms with Crippen LogP contribution in [-0.4, -0.2) is 33.0 Å². The average molecular weight is 287 g/mol. The van der Waals surface area contributed by atoms with Crippen LogP contribution in [0.2, 0.25) is 0 Å². The van der Waals surface area contributed by atoms with Gasteiger partial charge in [-0.2, -0.15) is 5.10 Å². The number of nitrogens with zero attached hydrogens (tertiary/aromatic N) is 1. The molecule has 1 aromatic heterocycles. The van der Waals surface area contributed by atoms with Gasteiger partial charge in [0.1, 0.15) is 5.25 Å². The number of H-pyrrole nitrogens is 2. The summed E-state index contributed by atoms with van der Waals surface area (Å²) in [5, 5.41) is 5.16. The summed E-state index contributed by atoms with van der Waals surface area (Å²) in [6.45, 7) is 6.05. The first-order valence-electron chi connectivity index (χ1n) is 5.92. The lowest BCUT2D eigenvalue weighted by molar-refractivity contribution is -0.142. The number of hydrogen-bond donors (Lipinski definition) is 2. The summed E-state index contributed by atoms with van der Waals surface area (Å²) in [5.41, 5.74) is -1.29. The summed E-state index contributed by atoms with van der Waals surface area (Å²) in [4.78, 5) is 35.9. The first kappa shape index (κ1) is 15.5. The highest BCUT2D eigenvalue weighted by atomic mass is 32.2. The maximum absolute atomic E-state index is 11.7. The van der Waals surface area contributed by atoms with E-state index in [-0.39, 0.29) is 5.03 Å². The van der Waals surface area contributed by atoms with Crippen LogP contribution in [0, 0.1) is 5.92 Å². The van der Waals surface area contributed by atoms with E-state index in [4.69, 9.17) is 4.74 Å². The Morgan fingerprint density at radius 1 is 1.37 bits per heavy atom. The second kappa shape index (κ2) is 7.13. The standard InChI is InChI=1S/C11H17N3O4S/c1-6(2)4-5-18-10(16)7(3)19-9-8(15)12-11(17)14-13-9/h6-7H,4-5H2,1-3H3,(H2,12,14,15,17)/t7-/m0/s1. The van der Waals surface area contributed by atoms with Crippen molar-refractivity contribution in [1.82, 2.24) is 15.2 Å². The molecule has 0 aliphatic rings. The van der Waals surface area contributed by atoms with Crippen LogP contribution in [0.3, 0.4) is 0 Å². The maximum atomic E-state index is 11.7. The van der Waals surface area contributed by atoms with E-state index < -0.39 is 22.5 Å². The minimum atomic E-state index is -0.679. The van der Waals surface area contributed by atoms with Gasteiger partial charge in [-0.05, 0) is 19.3 Å². The fourth-order valence-corrected chi connectivity index (χ4v) is 1.90. The molecule has 8 heteroatoms. The zero-order chi connectivity index (χ0) is 14.4. The smallest absolute Gasteiger partial charge is 0.342 e. The Morgan fingerprint density at radius 2 is 2.05 bits per heavy atom. The molecule has 0 saturated carbocycles. The van der Waals surface area contributed by atoms with E-state index >= 15 is 0 Å². The predicted molar refractivity (Wildman–Crippen MR) is 71.2 cm³/mol. The van der Waals surface area contributed by atoms with Crippen LogP contribution in [0.1, 0.15) is 27.2 Å².